The molecule has 0 unspecified atom stereocenters. The van der Waals surface area contributed by atoms with Crippen molar-refractivity contribution in [2.45, 2.75) is 50.4 Å². The Morgan fingerprint density at radius 3 is 2.58 bits per heavy atom. The predicted octanol–water partition coefficient (Wildman–Crippen LogP) is 6.70. The van der Waals surface area contributed by atoms with E-state index in [1.165, 1.54) is 12.3 Å². The molecule has 0 bridgehead atoms. The van der Waals surface area contributed by atoms with Crippen molar-refractivity contribution in [2.24, 2.45) is 0 Å². The number of ether oxygens (including phenoxy) is 2. The summed E-state index contributed by atoms with van der Waals surface area (Å²) in [6, 6.07) is 16.6. The van der Waals surface area contributed by atoms with E-state index in [2.05, 4.69) is 25.4 Å². The zero-order chi connectivity index (χ0) is 33.5. The maximum atomic E-state index is 14.5. The van der Waals surface area contributed by atoms with Gasteiger partial charge in [-0.15, -0.1) is 5.10 Å². The van der Waals surface area contributed by atoms with E-state index in [9.17, 15) is 22.4 Å². The number of carbonyl (C=O) groups is 1. The van der Waals surface area contributed by atoms with E-state index < -0.39 is 18.5 Å². The molecular formula is C36H37F4N5O3. The Morgan fingerprint density at radius 2 is 1.83 bits per heavy atom. The number of aromatic nitrogens is 3. The highest BCUT2D eigenvalue weighted by molar-refractivity contribution is 6.00. The minimum absolute atomic E-state index is 0.0410. The highest BCUT2D eigenvalue weighted by Crippen LogP contribution is 2.40. The average Bonchev–Trinajstić information content (AvgIpc) is 3.45. The molecule has 2 aliphatic heterocycles. The number of fused-ring (bicyclic) bond motifs is 1. The molecule has 4 aromatic rings. The number of rotatable bonds is 10. The van der Waals surface area contributed by atoms with Gasteiger partial charge in [-0.25, -0.2) is 4.98 Å². The first-order chi connectivity index (χ1) is 23.2. The summed E-state index contributed by atoms with van der Waals surface area (Å²) < 4.78 is 68.2. The molecule has 2 N–H and O–H groups in total. The highest BCUT2D eigenvalue weighted by atomic mass is 19.4. The van der Waals surface area contributed by atoms with Gasteiger partial charge < -0.3 is 14.8 Å². The lowest BCUT2D eigenvalue weighted by molar-refractivity contribution is -0.123. The van der Waals surface area contributed by atoms with Crippen molar-refractivity contribution in [3.05, 3.63) is 102 Å². The Bertz CT molecular complexity index is 1750. The fourth-order valence-electron chi connectivity index (χ4n) is 6.27. The van der Waals surface area contributed by atoms with E-state index in [0.29, 0.717) is 54.4 Å². The second-order valence-corrected chi connectivity index (χ2v) is 12.1. The highest BCUT2D eigenvalue weighted by Gasteiger charge is 2.32. The number of benzene rings is 2. The number of nitrogens with zero attached hydrogens (tertiary/aromatic N) is 3. The summed E-state index contributed by atoms with van der Waals surface area (Å²) in [5.41, 5.74) is 2.00. The van der Waals surface area contributed by atoms with Crippen LogP contribution in [0.3, 0.4) is 0 Å². The summed E-state index contributed by atoms with van der Waals surface area (Å²) in [7, 11) is 0. The zero-order valence-corrected chi connectivity index (χ0v) is 26.3. The molecule has 12 heteroatoms. The molecule has 2 saturated heterocycles. The van der Waals surface area contributed by atoms with Gasteiger partial charge in [0.05, 0.1) is 17.3 Å². The van der Waals surface area contributed by atoms with Gasteiger partial charge in [-0.05, 0) is 72.7 Å². The van der Waals surface area contributed by atoms with Crippen LogP contribution >= 0.6 is 0 Å². The molecule has 0 radical (unpaired) electrons. The third kappa shape index (κ3) is 8.67. The molecule has 0 saturated carbocycles. The lowest BCUT2D eigenvalue weighted by Gasteiger charge is -2.31. The van der Waals surface area contributed by atoms with Gasteiger partial charge in [0.2, 0.25) is 17.7 Å². The van der Waals surface area contributed by atoms with Gasteiger partial charge in [0.15, 0.2) is 0 Å². The first-order valence-corrected chi connectivity index (χ1v) is 16.1. The molecule has 0 spiro atoms. The van der Waals surface area contributed by atoms with E-state index in [0.717, 1.165) is 32.2 Å². The van der Waals surface area contributed by atoms with Crippen LogP contribution in [-0.4, -0.2) is 77.2 Å². The number of aromatic amines is 1. The number of nitrogens with one attached hydrogen (secondary N) is 2. The second-order valence-electron chi connectivity index (χ2n) is 12.1. The van der Waals surface area contributed by atoms with Crippen molar-refractivity contribution in [1.82, 2.24) is 25.4 Å². The lowest BCUT2D eigenvalue weighted by Crippen LogP contribution is -2.41. The van der Waals surface area contributed by atoms with E-state index in [4.69, 9.17) is 9.47 Å². The largest absolute Gasteiger partial charge is 0.473 e. The van der Waals surface area contributed by atoms with Gasteiger partial charge in [0.1, 0.15) is 6.10 Å². The molecule has 2 fully saturated rings. The van der Waals surface area contributed by atoms with E-state index in [1.54, 1.807) is 60.7 Å². The van der Waals surface area contributed by atoms with Crippen molar-refractivity contribution in [1.29, 1.82) is 0 Å². The number of hydrogen-bond acceptors (Lipinski definition) is 6. The Labute approximate surface area is 275 Å². The molecule has 8 nitrogen and oxygen atoms in total. The number of alkyl halides is 3. The predicted molar refractivity (Wildman–Crippen MR) is 175 cm³/mol. The van der Waals surface area contributed by atoms with Crippen LogP contribution < -0.4 is 10.1 Å². The van der Waals surface area contributed by atoms with Crippen molar-refractivity contribution in [3.63, 3.8) is 0 Å². The van der Waals surface area contributed by atoms with Crippen LogP contribution in [0.25, 0.3) is 22.0 Å². The second kappa shape index (κ2) is 15.1. The average molecular weight is 664 g/mol. The molecule has 2 aromatic carbocycles. The molecule has 252 valence electrons. The summed E-state index contributed by atoms with van der Waals surface area (Å²) in [5.74, 6) is -0.491. The van der Waals surface area contributed by atoms with Crippen molar-refractivity contribution >= 4 is 28.0 Å². The third-order valence-corrected chi connectivity index (χ3v) is 8.58. The van der Waals surface area contributed by atoms with Crippen molar-refractivity contribution in [2.75, 3.05) is 32.8 Å². The number of amides is 1. The maximum absolute atomic E-state index is 14.5. The lowest BCUT2D eigenvalue weighted by atomic mass is 9.88. The number of halogens is 4. The third-order valence-electron chi connectivity index (χ3n) is 8.58. The summed E-state index contributed by atoms with van der Waals surface area (Å²) in [4.78, 5) is 19.0. The number of likely N-dealkylation sites (tertiary alicyclic amines) is 1. The van der Waals surface area contributed by atoms with E-state index in [1.807, 2.05) is 6.08 Å². The number of allylic oxidation sites excluding steroid dienone is 1. The number of hydrogen-bond donors (Lipinski definition) is 2. The Kier molecular flexibility index (Phi) is 10.5. The topological polar surface area (TPSA) is 92.4 Å². The fraction of sp³-hybridized carbons (Fsp3) is 0.361. The van der Waals surface area contributed by atoms with Gasteiger partial charge in [-0.1, -0.05) is 42.5 Å². The minimum atomic E-state index is -4.51. The standard InChI is InChI=1S/C36H37F4N5O3/c37-35-29-20-25(10-12-31(29)43-44-35)34(30(21-36(38,39)40)24-6-2-1-3-7-24)26-11-13-33(41-22-26)48-28-8-4-16-45(23-28)17-5-9-32(46)42-27-14-18-47-19-15-27/h1-3,5-7,9-13,20,22,27-28H,4,8,14-19,21,23H2,(H,42,46)(H,43,44)/b9-5+,34-30-/t28-/m1/s1. The quantitative estimate of drug-likeness (QED) is 0.112. The van der Waals surface area contributed by atoms with Gasteiger partial charge in [0.25, 0.3) is 0 Å². The van der Waals surface area contributed by atoms with Crippen molar-refractivity contribution in [3.8, 4) is 5.88 Å². The summed E-state index contributed by atoms with van der Waals surface area (Å²) in [6.07, 6.45) is 2.45. The zero-order valence-electron chi connectivity index (χ0n) is 26.3. The fourth-order valence-corrected chi connectivity index (χ4v) is 6.27. The normalized spacial score (nSPS) is 18.6. The Balaban J connectivity index is 1.20. The van der Waals surface area contributed by atoms with Crippen LogP contribution in [0.5, 0.6) is 5.88 Å². The SMILES string of the molecule is O=C(/C=C/CN1CCC[C@@H](Oc2ccc(/C(=C(/CC(F)(F)F)c3ccccc3)c3ccc4[nH]nc(F)c4c3)cn2)C1)NC1CCOCC1. The van der Waals surface area contributed by atoms with Crippen LogP contribution in [0.1, 0.15) is 48.8 Å². The van der Waals surface area contributed by atoms with Gasteiger partial charge >= 0.3 is 6.18 Å². The number of carbonyl (C=O) groups excluding carboxylic acids is 1. The smallest absolute Gasteiger partial charge is 0.393 e. The van der Waals surface area contributed by atoms with Gasteiger partial charge in [-0.3, -0.25) is 14.8 Å². The number of H-pyrrole nitrogens is 1. The minimum Gasteiger partial charge on any atom is -0.473 e. The molecule has 0 aliphatic carbocycles. The number of pyridine rings is 1. The Morgan fingerprint density at radius 1 is 1.04 bits per heavy atom. The van der Waals surface area contributed by atoms with E-state index in [-0.39, 0.29) is 34.6 Å². The monoisotopic (exact) mass is 663 g/mol. The summed E-state index contributed by atoms with van der Waals surface area (Å²) >= 11 is 0. The van der Waals surface area contributed by atoms with Crippen LogP contribution in [0.4, 0.5) is 17.6 Å². The van der Waals surface area contributed by atoms with E-state index >= 15 is 0 Å². The van der Waals surface area contributed by atoms with Crippen LogP contribution in [0.15, 0.2) is 79.0 Å². The Hall–Kier alpha value is -4.55. The first-order valence-electron chi connectivity index (χ1n) is 16.1. The van der Waals surface area contributed by atoms with Crippen molar-refractivity contribution < 1.29 is 31.8 Å². The summed E-state index contributed by atoms with van der Waals surface area (Å²) in [5, 5.41) is 9.39. The van der Waals surface area contributed by atoms with Crippen LogP contribution in [-0.2, 0) is 9.53 Å². The molecule has 4 heterocycles. The molecule has 2 aromatic heterocycles. The summed E-state index contributed by atoms with van der Waals surface area (Å²) in [6.45, 7) is 3.44. The van der Waals surface area contributed by atoms with Crippen LogP contribution in [0, 0.1) is 5.95 Å². The molecule has 2 aliphatic rings. The molecular weight excluding hydrogens is 626 g/mol. The maximum Gasteiger partial charge on any atom is 0.393 e. The molecule has 1 amide bonds. The molecule has 48 heavy (non-hydrogen) atoms. The van der Waals surface area contributed by atoms with Gasteiger partial charge in [0, 0.05) is 56.2 Å². The first kappa shape index (κ1) is 33.4. The van der Waals surface area contributed by atoms with Gasteiger partial charge in [-0.2, -0.15) is 17.6 Å². The molecule has 6 rings (SSSR count). The van der Waals surface area contributed by atoms with Crippen LogP contribution in [0.2, 0.25) is 0 Å². The molecule has 1 atom stereocenters. The number of piperidine rings is 1.